The predicted molar refractivity (Wildman–Crippen MR) is 117 cm³/mol. The minimum Gasteiger partial charge on any atom is -0.313 e. The van der Waals surface area contributed by atoms with Crippen molar-refractivity contribution in [2.45, 2.75) is 0 Å². The molecule has 0 aliphatic rings. The Morgan fingerprint density at radius 1 is 0.800 bits per heavy atom. The standard InChI is InChI=1S/C24H18N4O2/c1-26-23(20-8-5-9-21(14-20)28(29)30)16-27-15-22(25-24(26)27)19-12-10-18(11-13-19)17-6-3-2-4-7-17/h2-16H,1H3. The summed E-state index contributed by atoms with van der Waals surface area (Å²) < 4.78 is 3.90. The number of nitro benzene ring substituents is 1. The zero-order valence-electron chi connectivity index (χ0n) is 16.3. The van der Waals surface area contributed by atoms with Crippen LogP contribution >= 0.6 is 0 Å². The number of aryl methyl sites for hydroxylation is 1. The zero-order chi connectivity index (χ0) is 20.7. The van der Waals surface area contributed by atoms with E-state index < -0.39 is 0 Å². The van der Waals surface area contributed by atoms with Crippen molar-refractivity contribution < 1.29 is 4.92 Å². The number of hydrogen-bond donors (Lipinski definition) is 0. The molecule has 0 saturated carbocycles. The van der Waals surface area contributed by atoms with Crippen molar-refractivity contribution in [1.29, 1.82) is 0 Å². The van der Waals surface area contributed by atoms with Gasteiger partial charge < -0.3 is 4.57 Å². The van der Waals surface area contributed by atoms with Crippen molar-refractivity contribution in [3.63, 3.8) is 0 Å². The fourth-order valence-electron chi connectivity index (χ4n) is 3.70. The van der Waals surface area contributed by atoms with E-state index in [1.54, 1.807) is 12.1 Å². The van der Waals surface area contributed by atoms with Gasteiger partial charge in [0.1, 0.15) is 0 Å². The summed E-state index contributed by atoms with van der Waals surface area (Å²) in [6.07, 6.45) is 3.93. The van der Waals surface area contributed by atoms with Crippen molar-refractivity contribution in [1.82, 2.24) is 14.0 Å². The molecule has 146 valence electrons. The summed E-state index contributed by atoms with van der Waals surface area (Å²) in [6, 6.07) is 25.3. The molecule has 5 aromatic rings. The Hall–Kier alpha value is -4.19. The topological polar surface area (TPSA) is 65.4 Å². The van der Waals surface area contributed by atoms with Gasteiger partial charge in [0.25, 0.3) is 5.69 Å². The highest BCUT2D eigenvalue weighted by atomic mass is 16.6. The van der Waals surface area contributed by atoms with Crippen LogP contribution in [0.1, 0.15) is 0 Å². The minimum atomic E-state index is -0.380. The molecule has 6 nitrogen and oxygen atoms in total. The summed E-state index contributed by atoms with van der Waals surface area (Å²) in [5.41, 5.74) is 5.99. The van der Waals surface area contributed by atoms with E-state index in [2.05, 4.69) is 36.4 Å². The molecule has 0 aliphatic carbocycles. The van der Waals surface area contributed by atoms with Crippen molar-refractivity contribution in [3.05, 3.63) is 101 Å². The van der Waals surface area contributed by atoms with E-state index in [0.717, 1.165) is 33.9 Å². The van der Waals surface area contributed by atoms with Crippen LogP contribution < -0.4 is 0 Å². The van der Waals surface area contributed by atoms with E-state index in [1.165, 1.54) is 11.6 Å². The number of fused-ring (bicyclic) bond motifs is 1. The van der Waals surface area contributed by atoms with Crippen LogP contribution in [-0.4, -0.2) is 18.9 Å². The van der Waals surface area contributed by atoms with Crippen molar-refractivity contribution in [3.8, 4) is 33.6 Å². The largest absolute Gasteiger partial charge is 0.313 e. The smallest absolute Gasteiger partial charge is 0.270 e. The van der Waals surface area contributed by atoms with E-state index in [-0.39, 0.29) is 10.6 Å². The molecule has 0 saturated heterocycles. The Labute approximate surface area is 172 Å². The van der Waals surface area contributed by atoms with Crippen LogP contribution in [0.15, 0.2) is 91.3 Å². The first-order valence-corrected chi connectivity index (χ1v) is 9.55. The first-order chi connectivity index (χ1) is 14.6. The lowest BCUT2D eigenvalue weighted by molar-refractivity contribution is -0.384. The molecule has 0 fully saturated rings. The summed E-state index contributed by atoms with van der Waals surface area (Å²) in [5.74, 6) is 0.777. The molecule has 0 radical (unpaired) electrons. The molecule has 0 bridgehead atoms. The molecule has 0 spiro atoms. The highest BCUT2D eigenvalue weighted by molar-refractivity contribution is 5.71. The van der Waals surface area contributed by atoms with Crippen LogP contribution in [0.5, 0.6) is 0 Å². The van der Waals surface area contributed by atoms with E-state index in [4.69, 9.17) is 4.98 Å². The normalized spacial score (nSPS) is 11.1. The van der Waals surface area contributed by atoms with Gasteiger partial charge in [-0.15, -0.1) is 0 Å². The van der Waals surface area contributed by atoms with Gasteiger partial charge in [-0.1, -0.05) is 66.7 Å². The molecule has 6 heteroatoms. The minimum absolute atomic E-state index is 0.0746. The maximum Gasteiger partial charge on any atom is 0.270 e. The van der Waals surface area contributed by atoms with Crippen LogP contribution in [0, 0.1) is 10.1 Å². The van der Waals surface area contributed by atoms with Crippen molar-refractivity contribution in [2.75, 3.05) is 0 Å². The Morgan fingerprint density at radius 3 is 2.17 bits per heavy atom. The van der Waals surface area contributed by atoms with Gasteiger partial charge in [-0.2, -0.15) is 0 Å². The van der Waals surface area contributed by atoms with Crippen LogP contribution in [0.25, 0.3) is 39.4 Å². The van der Waals surface area contributed by atoms with E-state index >= 15 is 0 Å². The Morgan fingerprint density at radius 2 is 1.47 bits per heavy atom. The highest BCUT2D eigenvalue weighted by Gasteiger charge is 2.14. The van der Waals surface area contributed by atoms with E-state index in [9.17, 15) is 10.1 Å². The van der Waals surface area contributed by atoms with Crippen LogP contribution in [0.4, 0.5) is 5.69 Å². The van der Waals surface area contributed by atoms with E-state index in [1.807, 2.05) is 52.7 Å². The first kappa shape index (κ1) is 17.9. The van der Waals surface area contributed by atoms with Crippen LogP contribution in [0.3, 0.4) is 0 Å². The molecule has 0 N–H and O–H groups in total. The number of nitro groups is 1. The zero-order valence-corrected chi connectivity index (χ0v) is 16.3. The third kappa shape index (κ3) is 3.04. The number of aromatic nitrogens is 3. The van der Waals surface area contributed by atoms with Gasteiger partial charge >= 0.3 is 0 Å². The number of benzene rings is 3. The molecule has 30 heavy (non-hydrogen) atoms. The molecule has 2 aromatic heterocycles. The van der Waals surface area contributed by atoms with Gasteiger partial charge in [0.05, 0.1) is 16.3 Å². The van der Waals surface area contributed by atoms with Gasteiger partial charge in [0.15, 0.2) is 0 Å². The summed E-state index contributed by atoms with van der Waals surface area (Å²) in [7, 11) is 1.92. The molecular weight excluding hydrogens is 376 g/mol. The Bertz CT molecular complexity index is 1370. The average Bonchev–Trinajstić information content (AvgIpc) is 3.34. The number of hydrogen-bond acceptors (Lipinski definition) is 3. The molecule has 2 heterocycles. The number of rotatable bonds is 4. The lowest BCUT2D eigenvalue weighted by Gasteiger charge is -2.04. The molecular formula is C24H18N4O2. The molecule has 0 atom stereocenters. The van der Waals surface area contributed by atoms with Gasteiger partial charge in [0.2, 0.25) is 5.78 Å². The monoisotopic (exact) mass is 394 g/mol. The van der Waals surface area contributed by atoms with E-state index in [0.29, 0.717) is 0 Å². The SMILES string of the molecule is Cn1c(-c2cccc([N+](=O)[O-])c2)cn2cc(-c3ccc(-c4ccccc4)cc3)nc12. The quantitative estimate of drug-likeness (QED) is 0.295. The maximum absolute atomic E-state index is 11.1. The molecule has 0 amide bonds. The van der Waals surface area contributed by atoms with Crippen LogP contribution in [-0.2, 0) is 7.05 Å². The first-order valence-electron chi connectivity index (χ1n) is 9.55. The lowest BCUT2D eigenvalue weighted by Crippen LogP contribution is -1.94. The number of non-ortho nitro benzene ring substituents is 1. The van der Waals surface area contributed by atoms with Gasteiger partial charge in [-0.3, -0.25) is 14.5 Å². The third-order valence-electron chi connectivity index (χ3n) is 5.28. The average molecular weight is 394 g/mol. The van der Waals surface area contributed by atoms with Crippen molar-refractivity contribution >= 4 is 11.5 Å². The lowest BCUT2D eigenvalue weighted by atomic mass is 10.0. The number of nitrogens with zero attached hydrogens (tertiary/aromatic N) is 4. The van der Waals surface area contributed by atoms with Crippen LogP contribution in [0.2, 0.25) is 0 Å². The molecule has 0 unspecified atom stereocenters. The fraction of sp³-hybridized carbons (Fsp3) is 0.0417. The molecule has 3 aromatic carbocycles. The number of imidazole rings is 2. The summed E-state index contributed by atoms with van der Waals surface area (Å²) >= 11 is 0. The second kappa shape index (κ2) is 7.00. The third-order valence-corrected chi connectivity index (χ3v) is 5.28. The Kier molecular flexibility index (Phi) is 4.17. The maximum atomic E-state index is 11.1. The van der Waals surface area contributed by atoms with Gasteiger partial charge in [-0.05, 0) is 11.1 Å². The van der Waals surface area contributed by atoms with Gasteiger partial charge in [-0.25, -0.2) is 4.98 Å². The molecule has 0 aliphatic heterocycles. The van der Waals surface area contributed by atoms with Gasteiger partial charge in [0, 0.05) is 42.7 Å². The predicted octanol–water partition coefficient (Wildman–Crippen LogP) is 5.58. The summed E-state index contributed by atoms with van der Waals surface area (Å²) in [4.78, 5) is 15.5. The van der Waals surface area contributed by atoms with Crippen molar-refractivity contribution in [2.24, 2.45) is 7.05 Å². The highest BCUT2D eigenvalue weighted by Crippen LogP contribution is 2.28. The summed E-state index contributed by atoms with van der Waals surface area (Å²) in [6.45, 7) is 0. The second-order valence-electron chi connectivity index (χ2n) is 7.16. The molecule has 5 rings (SSSR count). The summed E-state index contributed by atoms with van der Waals surface area (Å²) in [5, 5.41) is 11.1. The fourth-order valence-corrected chi connectivity index (χ4v) is 3.70. The second-order valence-corrected chi connectivity index (χ2v) is 7.16. The Balaban J connectivity index is 1.50.